The Bertz CT molecular complexity index is 1620. The zero-order valence-corrected chi connectivity index (χ0v) is 24.8. The van der Waals surface area contributed by atoms with Gasteiger partial charge in [0.2, 0.25) is 0 Å². The SMILES string of the molecule is Cc1ccc([C@H](c2nnnn2Cc2ccco2)N2CCN([C@@H](c3ccc(C)cc3)c3nnnn3Cc3ccco3)CC2)cc1. The van der Waals surface area contributed by atoms with Gasteiger partial charge in [-0.25, -0.2) is 9.36 Å². The van der Waals surface area contributed by atoms with Crippen molar-refractivity contribution in [2.75, 3.05) is 26.2 Å². The van der Waals surface area contributed by atoms with E-state index in [4.69, 9.17) is 8.83 Å². The van der Waals surface area contributed by atoms with Crippen molar-refractivity contribution in [3.8, 4) is 0 Å². The highest BCUT2D eigenvalue weighted by atomic mass is 16.3. The second kappa shape index (κ2) is 12.3. The molecule has 0 amide bonds. The minimum atomic E-state index is -0.121. The van der Waals surface area contributed by atoms with E-state index in [2.05, 4.69) is 103 Å². The van der Waals surface area contributed by atoms with Crippen LogP contribution < -0.4 is 0 Å². The van der Waals surface area contributed by atoms with E-state index in [9.17, 15) is 0 Å². The van der Waals surface area contributed by atoms with Gasteiger partial charge >= 0.3 is 0 Å². The normalized spacial score (nSPS) is 15.9. The van der Waals surface area contributed by atoms with E-state index < -0.39 is 0 Å². The smallest absolute Gasteiger partial charge is 0.173 e. The Balaban J connectivity index is 1.18. The number of nitrogens with zero attached hydrogens (tertiary/aromatic N) is 10. The van der Waals surface area contributed by atoms with E-state index in [0.29, 0.717) is 13.1 Å². The van der Waals surface area contributed by atoms with Gasteiger partial charge in [-0.3, -0.25) is 9.80 Å². The van der Waals surface area contributed by atoms with Crippen LogP contribution in [0.2, 0.25) is 0 Å². The summed E-state index contributed by atoms with van der Waals surface area (Å²) in [6.07, 6.45) is 3.34. The first kappa shape index (κ1) is 27.9. The van der Waals surface area contributed by atoms with E-state index in [-0.39, 0.29) is 12.1 Å². The van der Waals surface area contributed by atoms with Gasteiger partial charge in [0.25, 0.3) is 0 Å². The van der Waals surface area contributed by atoms with Crippen molar-refractivity contribution < 1.29 is 8.83 Å². The summed E-state index contributed by atoms with van der Waals surface area (Å²) in [5.74, 6) is 3.19. The molecule has 0 radical (unpaired) electrons. The van der Waals surface area contributed by atoms with Gasteiger partial charge in [0.15, 0.2) is 11.6 Å². The molecule has 0 saturated carbocycles. The van der Waals surface area contributed by atoms with Gasteiger partial charge in [0, 0.05) is 26.2 Å². The number of tetrazole rings is 2. The number of aryl methyl sites for hydroxylation is 2. The highest BCUT2D eigenvalue weighted by Crippen LogP contribution is 2.33. The van der Waals surface area contributed by atoms with E-state index in [1.807, 2.05) is 33.6 Å². The van der Waals surface area contributed by atoms with Crippen LogP contribution in [0, 0.1) is 13.8 Å². The number of aromatic nitrogens is 8. The predicted octanol–water partition coefficient (Wildman–Crippen LogP) is 4.06. The fourth-order valence-corrected chi connectivity index (χ4v) is 5.94. The average Bonchev–Trinajstić information content (AvgIpc) is 3.88. The Labute approximate surface area is 254 Å². The monoisotopic (exact) mass is 590 g/mol. The van der Waals surface area contributed by atoms with Crippen LogP contribution in [-0.2, 0) is 13.1 Å². The second-order valence-electron chi connectivity index (χ2n) is 11.2. The van der Waals surface area contributed by atoms with Crippen molar-refractivity contribution in [3.63, 3.8) is 0 Å². The molecule has 44 heavy (non-hydrogen) atoms. The Kier molecular flexibility index (Phi) is 7.82. The van der Waals surface area contributed by atoms with E-state index in [0.717, 1.165) is 60.5 Å². The number of furan rings is 2. The zero-order chi connectivity index (χ0) is 29.9. The average molecular weight is 591 g/mol. The molecule has 12 nitrogen and oxygen atoms in total. The van der Waals surface area contributed by atoms with Crippen molar-refractivity contribution in [1.29, 1.82) is 0 Å². The predicted molar refractivity (Wildman–Crippen MR) is 160 cm³/mol. The molecule has 2 atom stereocenters. The fraction of sp³-hybridized carbons (Fsp3) is 0.312. The van der Waals surface area contributed by atoms with Gasteiger partial charge in [-0.2, -0.15) is 0 Å². The molecular weight excluding hydrogens is 556 g/mol. The van der Waals surface area contributed by atoms with Crippen molar-refractivity contribution in [3.05, 3.63) is 131 Å². The van der Waals surface area contributed by atoms with Crippen LogP contribution in [0.15, 0.2) is 94.2 Å². The van der Waals surface area contributed by atoms with Crippen molar-refractivity contribution >= 4 is 0 Å². The fourth-order valence-electron chi connectivity index (χ4n) is 5.94. The van der Waals surface area contributed by atoms with E-state index in [1.54, 1.807) is 12.5 Å². The molecule has 1 aliphatic rings. The third kappa shape index (κ3) is 5.81. The van der Waals surface area contributed by atoms with Crippen LogP contribution in [0.1, 0.15) is 57.5 Å². The third-order valence-electron chi connectivity index (χ3n) is 8.25. The first-order valence-corrected chi connectivity index (χ1v) is 14.8. The van der Waals surface area contributed by atoms with Crippen molar-refractivity contribution in [2.45, 2.75) is 39.0 Å². The molecule has 4 aromatic heterocycles. The highest BCUT2D eigenvalue weighted by molar-refractivity contribution is 5.30. The molecule has 1 aliphatic heterocycles. The molecular formula is C32H34N10O2. The molecule has 1 fully saturated rings. The van der Waals surface area contributed by atoms with Gasteiger partial charge in [-0.15, -0.1) is 10.2 Å². The molecule has 0 bridgehead atoms. The number of benzene rings is 2. The topological polar surface area (TPSA) is 120 Å². The van der Waals surface area contributed by atoms with Gasteiger partial charge in [-0.05, 0) is 70.1 Å². The highest BCUT2D eigenvalue weighted by Gasteiger charge is 2.35. The number of rotatable bonds is 10. The molecule has 0 unspecified atom stereocenters. The summed E-state index contributed by atoms with van der Waals surface area (Å²) >= 11 is 0. The standard InChI is InChI=1S/C32H34N10O2/c1-23-7-11-25(12-8-23)29(31-33-35-37-41(31)21-27-5-3-19-43-27)39-15-17-40(18-16-39)30(26-13-9-24(2)10-14-26)32-34-36-38-42(32)22-28-6-4-20-44-28/h3-14,19-20,29-30H,15-18,21-22H2,1-2H3/t29-,30+. The number of piperazine rings is 1. The molecule has 224 valence electrons. The summed E-state index contributed by atoms with van der Waals surface area (Å²) < 4.78 is 14.9. The Morgan fingerprint density at radius 2 is 1.00 bits per heavy atom. The van der Waals surface area contributed by atoms with Crippen LogP contribution in [0.3, 0.4) is 0 Å². The minimum Gasteiger partial charge on any atom is -0.467 e. The summed E-state index contributed by atoms with van der Waals surface area (Å²) in [4.78, 5) is 4.92. The van der Waals surface area contributed by atoms with Gasteiger partial charge in [0.05, 0.1) is 24.6 Å². The van der Waals surface area contributed by atoms with Crippen LogP contribution in [0.5, 0.6) is 0 Å². The van der Waals surface area contributed by atoms with E-state index in [1.165, 1.54) is 11.1 Å². The first-order valence-electron chi connectivity index (χ1n) is 14.8. The van der Waals surface area contributed by atoms with Crippen LogP contribution in [0.25, 0.3) is 0 Å². The lowest BCUT2D eigenvalue weighted by molar-refractivity contribution is 0.0824. The summed E-state index contributed by atoms with van der Waals surface area (Å²) in [6.45, 7) is 8.33. The Hall–Kier alpha value is -4.94. The molecule has 12 heteroatoms. The Morgan fingerprint density at radius 1 is 0.591 bits per heavy atom. The maximum Gasteiger partial charge on any atom is 0.173 e. The third-order valence-corrected chi connectivity index (χ3v) is 8.25. The van der Waals surface area contributed by atoms with Gasteiger partial charge < -0.3 is 8.83 Å². The lowest BCUT2D eigenvalue weighted by Gasteiger charge is -2.41. The number of hydrogen-bond donors (Lipinski definition) is 0. The maximum atomic E-state index is 5.62. The molecule has 1 saturated heterocycles. The van der Waals surface area contributed by atoms with Gasteiger partial charge in [-0.1, -0.05) is 59.7 Å². The molecule has 2 aromatic carbocycles. The first-order chi connectivity index (χ1) is 21.6. The summed E-state index contributed by atoms with van der Waals surface area (Å²) in [7, 11) is 0. The quantitative estimate of drug-likeness (QED) is 0.231. The van der Waals surface area contributed by atoms with Gasteiger partial charge in [0.1, 0.15) is 24.6 Å². The second-order valence-corrected chi connectivity index (χ2v) is 11.2. The van der Waals surface area contributed by atoms with Crippen molar-refractivity contribution in [1.82, 2.24) is 50.2 Å². The molecule has 0 N–H and O–H groups in total. The molecule has 5 heterocycles. The largest absolute Gasteiger partial charge is 0.467 e. The van der Waals surface area contributed by atoms with E-state index >= 15 is 0 Å². The lowest BCUT2D eigenvalue weighted by atomic mass is 9.99. The Morgan fingerprint density at radius 3 is 1.36 bits per heavy atom. The summed E-state index contributed by atoms with van der Waals surface area (Å²) in [5, 5.41) is 25.9. The molecule has 7 rings (SSSR count). The minimum absolute atomic E-state index is 0.121. The van der Waals surface area contributed by atoms with Crippen molar-refractivity contribution in [2.24, 2.45) is 0 Å². The molecule has 0 aliphatic carbocycles. The van der Waals surface area contributed by atoms with Crippen LogP contribution in [0.4, 0.5) is 0 Å². The number of hydrogen-bond acceptors (Lipinski definition) is 10. The summed E-state index contributed by atoms with van der Waals surface area (Å²) in [6, 6.07) is 24.7. The zero-order valence-electron chi connectivity index (χ0n) is 24.8. The summed E-state index contributed by atoms with van der Waals surface area (Å²) in [5.41, 5.74) is 4.72. The lowest BCUT2D eigenvalue weighted by Crippen LogP contribution is -2.50. The van der Waals surface area contributed by atoms with Crippen LogP contribution in [-0.4, -0.2) is 76.4 Å². The molecule has 6 aromatic rings. The van der Waals surface area contributed by atoms with Crippen LogP contribution >= 0.6 is 0 Å². The maximum absolute atomic E-state index is 5.62. The molecule has 0 spiro atoms.